The second-order valence-corrected chi connectivity index (χ2v) is 6.60. The number of aryl methyl sites for hydroxylation is 1. The lowest BCUT2D eigenvalue weighted by Gasteiger charge is -2.13. The van der Waals surface area contributed by atoms with Crippen molar-refractivity contribution in [1.82, 2.24) is 9.97 Å². The second kappa shape index (κ2) is 6.68. The van der Waals surface area contributed by atoms with E-state index in [1.165, 1.54) is 5.56 Å². The van der Waals surface area contributed by atoms with E-state index in [-0.39, 0.29) is 0 Å². The Balaban J connectivity index is 2.34. The third-order valence-corrected chi connectivity index (χ3v) is 3.84. The summed E-state index contributed by atoms with van der Waals surface area (Å²) in [6, 6.07) is 8.12. The van der Waals surface area contributed by atoms with Crippen LogP contribution in [0.1, 0.15) is 38.1 Å². The molecule has 0 fully saturated rings. The van der Waals surface area contributed by atoms with Gasteiger partial charge in [-0.3, -0.25) is 0 Å². The number of benzene rings is 1. The highest BCUT2D eigenvalue weighted by atomic mass is 79.9. The number of anilines is 2. The highest BCUT2D eigenvalue weighted by molar-refractivity contribution is 9.10. The van der Waals surface area contributed by atoms with Crippen molar-refractivity contribution in [2.24, 2.45) is 0 Å². The van der Waals surface area contributed by atoms with Gasteiger partial charge in [-0.2, -0.15) is 0 Å². The monoisotopic (exact) mass is 397 g/mol. The van der Waals surface area contributed by atoms with Crippen LogP contribution in [0.3, 0.4) is 0 Å². The molecule has 2 aromatic rings. The summed E-state index contributed by atoms with van der Waals surface area (Å²) in [6.07, 6.45) is 0.963. The van der Waals surface area contributed by atoms with Gasteiger partial charge in [-0.05, 0) is 46.1 Å². The van der Waals surface area contributed by atoms with E-state index in [9.17, 15) is 0 Å². The van der Waals surface area contributed by atoms with E-state index in [0.717, 1.165) is 32.8 Å². The van der Waals surface area contributed by atoms with Crippen molar-refractivity contribution in [3.05, 3.63) is 44.7 Å². The van der Waals surface area contributed by atoms with Gasteiger partial charge >= 0.3 is 0 Å². The first-order valence-electron chi connectivity index (χ1n) is 6.59. The van der Waals surface area contributed by atoms with Crippen molar-refractivity contribution < 1.29 is 0 Å². The normalized spacial score (nSPS) is 10.9. The minimum Gasteiger partial charge on any atom is -0.340 e. The van der Waals surface area contributed by atoms with Crippen molar-refractivity contribution in [2.75, 3.05) is 5.32 Å². The average Bonchev–Trinajstić information content (AvgIpc) is 2.40. The van der Waals surface area contributed by atoms with Gasteiger partial charge in [-0.1, -0.05) is 36.7 Å². The molecule has 1 aromatic heterocycles. The predicted molar refractivity (Wildman–Crippen MR) is 90.6 cm³/mol. The van der Waals surface area contributed by atoms with Crippen LogP contribution in [-0.4, -0.2) is 9.97 Å². The molecule has 0 aliphatic rings. The van der Waals surface area contributed by atoms with E-state index >= 15 is 0 Å². The Labute approximate surface area is 136 Å². The highest BCUT2D eigenvalue weighted by Crippen LogP contribution is 2.26. The Bertz CT molecular complexity index is 612. The summed E-state index contributed by atoms with van der Waals surface area (Å²) < 4.78 is 1.89. The topological polar surface area (TPSA) is 37.8 Å². The first kappa shape index (κ1) is 15.4. The fourth-order valence-electron chi connectivity index (χ4n) is 1.87. The number of halogens is 2. The van der Waals surface area contributed by atoms with E-state index in [1.807, 2.05) is 12.1 Å². The van der Waals surface area contributed by atoms with Crippen LogP contribution in [0.15, 0.2) is 33.3 Å². The van der Waals surface area contributed by atoms with E-state index in [0.29, 0.717) is 5.92 Å². The zero-order valence-corrected chi connectivity index (χ0v) is 14.9. The van der Waals surface area contributed by atoms with E-state index in [1.54, 1.807) is 0 Å². The Hall–Kier alpha value is -0.940. The molecule has 0 atom stereocenters. The summed E-state index contributed by atoms with van der Waals surface area (Å²) in [4.78, 5) is 8.95. The summed E-state index contributed by atoms with van der Waals surface area (Å²) >= 11 is 6.95. The van der Waals surface area contributed by atoms with Crippen molar-refractivity contribution in [1.29, 1.82) is 0 Å². The van der Waals surface area contributed by atoms with Crippen molar-refractivity contribution in [3.8, 4) is 0 Å². The van der Waals surface area contributed by atoms with E-state index < -0.39 is 0 Å². The molecule has 0 saturated carbocycles. The molecular formula is C15H17Br2N3. The van der Waals surface area contributed by atoms with E-state index in [4.69, 9.17) is 0 Å². The number of hydrogen-bond donors (Lipinski definition) is 1. The number of rotatable bonds is 4. The van der Waals surface area contributed by atoms with Crippen LogP contribution in [0.25, 0.3) is 0 Å². The Morgan fingerprint density at radius 1 is 1.15 bits per heavy atom. The third-order valence-electron chi connectivity index (χ3n) is 2.94. The molecule has 1 heterocycles. The lowest BCUT2D eigenvalue weighted by Crippen LogP contribution is -2.03. The van der Waals surface area contributed by atoms with Gasteiger partial charge in [0.15, 0.2) is 0 Å². The molecule has 0 spiro atoms. The molecule has 2 rings (SSSR count). The van der Waals surface area contributed by atoms with Gasteiger partial charge in [-0.25, -0.2) is 9.97 Å². The fraction of sp³-hybridized carbons (Fsp3) is 0.333. The summed E-state index contributed by atoms with van der Waals surface area (Å²) in [6.45, 7) is 6.31. The molecule has 0 aliphatic carbocycles. The molecule has 0 saturated heterocycles. The maximum atomic E-state index is 4.56. The van der Waals surface area contributed by atoms with Crippen LogP contribution < -0.4 is 5.32 Å². The summed E-state index contributed by atoms with van der Waals surface area (Å²) in [5.74, 6) is 1.94. The molecular weight excluding hydrogens is 382 g/mol. The van der Waals surface area contributed by atoms with Crippen LogP contribution in [0.4, 0.5) is 11.5 Å². The van der Waals surface area contributed by atoms with Gasteiger partial charge < -0.3 is 5.32 Å². The zero-order chi connectivity index (χ0) is 14.7. The minimum absolute atomic E-state index is 0.295. The standard InChI is InChI=1S/C15H17Br2N3/c1-4-10-7-11(16)5-6-12(10)18-14-8-13(17)19-15(20-14)9(2)3/h5-9H,4H2,1-3H3,(H,18,19,20). The Morgan fingerprint density at radius 2 is 1.90 bits per heavy atom. The molecule has 1 aromatic carbocycles. The number of aromatic nitrogens is 2. The van der Waals surface area contributed by atoms with Gasteiger partial charge in [0, 0.05) is 22.1 Å². The van der Waals surface area contributed by atoms with Gasteiger partial charge in [0.2, 0.25) is 0 Å². The summed E-state index contributed by atoms with van der Waals surface area (Å²) in [5.41, 5.74) is 2.33. The highest BCUT2D eigenvalue weighted by Gasteiger charge is 2.08. The van der Waals surface area contributed by atoms with Gasteiger partial charge in [0.05, 0.1) is 0 Å². The fourth-order valence-corrected chi connectivity index (χ4v) is 2.68. The Kier molecular flexibility index (Phi) is 5.16. The molecule has 0 aliphatic heterocycles. The van der Waals surface area contributed by atoms with Crippen LogP contribution in [0.5, 0.6) is 0 Å². The van der Waals surface area contributed by atoms with E-state index in [2.05, 4.69) is 80.0 Å². The predicted octanol–water partition coefficient (Wildman–Crippen LogP) is 5.43. The zero-order valence-electron chi connectivity index (χ0n) is 11.7. The van der Waals surface area contributed by atoms with Crippen molar-refractivity contribution in [2.45, 2.75) is 33.1 Å². The van der Waals surface area contributed by atoms with Crippen LogP contribution in [0, 0.1) is 0 Å². The number of nitrogens with zero attached hydrogens (tertiary/aromatic N) is 2. The molecule has 1 N–H and O–H groups in total. The first-order valence-corrected chi connectivity index (χ1v) is 8.18. The lowest BCUT2D eigenvalue weighted by atomic mass is 10.1. The molecule has 0 amide bonds. The van der Waals surface area contributed by atoms with Gasteiger partial charge in [0.1, 0.15) is 16.2 Å². The van der Waals surface area contributed by atoms with Crippen LogP contribution >= 0.6 is 31.9 Å². The smallest absolute Gasteiger partial charge is 0.135 e. The minimum atomic E-state index is 0.295. The first-order chi connectivity index (χ1) is 9.49. The molecule has 20 heavy (non-hydrogen) atoms. The molecule has 3 nitrogen and oxygen atoms in total. The van der Waals surface area contributed by atoms with Gasteiger partial charge in [0.25, 0.3) is 0 Å². The van der Waals surface area contributed by atoms with Crippen molar-refractivity contribution in [3.63, 3.8) is 0 Å². The maximum Gasteiger partial charge on any atom is 0.135 e. The SMILES string of the molecule is CCc1cc(Br)ccc1Nc1cc(Br)nc(C(C)C)n1. The molecule has 0 bridgehead atoms. The lowest BCUT2D eigenvalue weighted by molar-refractivity contribution is 0.771. The third kappa shape index (κ3) is 3.79. The van der Waals surface area contributed by atoms with Crippen molar-refractivity contribution >= 4 is 43.4 Å². The van der Waals surface area contributed by atoms with Crippen LogP contribution in [-0.2, 0) is 6.42 Å². The number of hydrogen-bond acceptors (Lipinski definition) is 3. The maximum absolute atomic E-state index is 4.56. The summed E-state index contributed by atoms with van der Waals surface area (Å²) in [5, 5.41) is 3.38. The second-order valence-electron chi connectivity index (χ2n) is 4.87. The average molecular weight is 399 g/mol. The molecule has 5 heteroatoms. The molecule has 0 radical (unpaired) electrons. The molecule has 0 unspecified atom stereocenters. The number of nitrogens with one attached hydrogen (secondary N) is 1. The quantitative estimate of drug-likeness (QED) is 0.697. The summed E-state index contributed by atoms with van der Waals surface area (Å²) in [7, 11) is 0. The van der Waals surface area contributed by atoms with Crippen LogP contribution in [0.2, 0.25) is 0 Å². The largest absolute Gasteiger partial charge is 0.340 e. The molecule has 106 valence electrons. The Morgan fingerprint density at radius 3 is 2.55 bits per heavy atom. The van der Waals surface area contributed by atoms with Gasteiger partial charge in [-0.15, -0.1) is 0 Å².